The molecule has 2 aliphatic heterocycles. The van der Waals surface area contributed by atoms with Crippen LogP contribution >= 0.6 is 0 Å². The molecule has 1 unspecified atom stereocenters. The highest BCUT2D eigenvalue weighted by molar-refractivity contribution is 6.04. The Morgan fingerprint density at radius 1 is 1.15 bits per heavy atom. The molecule has 0 aliphatic carbocycles. The van der Waals surface area contributed by atoms with Crippen LogP contribution in [0.25, 0.3) is 0 Å². The first-order chi connectivity index (χ1) is 9.37. The van der Waals surface area contributed by atoms with E-state index in [1.165, 1.54) is 4.90 Å². The fourth-order valence-corrected chi connectivity index (χ4v) is 2.70. The summed E-state index contributed by atoms with van der Waals surface area (Å²) in [5.74, 6) is -0.762. The number of hydrogen-bond acceptors (Lipinski definition) is 2. The maximum Gasteiger partial charge on any atom is 0.406 e. The predicted octanol–water partition coefficient (Wildman–Crippen LogP) is 1.94. The molecule has 2 heterocycles. The number of nitrogens with zero attached hydrogens (tertiary/aromatic N) is 2. The van der Waals surface area contributed by atoms with Crippen molar-refractivity contribution in [3.63, 3.8) is 0 Å². The van der Waals surface area contributed by atoms with E-state index in [4.69, 9.17) is 0 Å². The summed E-state index contributed by atoms with van der Waals surface area (Å²) < 4.78 is 37.3. The summed E-state index contributed by atoms with van der Waals surface area (Å²) in [5, 5.41) is 0. The summed E-state index contributed by atoms with van der Waals surface area (Å²) in [6.45, 7) is -1.34. The number of amides is 3. The third kappa shape index (κ3) is 2.03. The Labute approximate surface area is 112 Å². The molecule has 1 fully saturated rings. The standard InChI is InChI=1S/C13H11F3N2O2/c14-13(15,16)7-18-11(19)10-5-8-3-1-2-4-9(8)6-17(10)12(18)20/h1-4,10H,5-7H2. The second-order valence-corrected chi connectivity index (χ2v) is 4.94. The van der Waals surface area contributed by atoms with Crippen LogP contribution in [0, 0.1) is 0 Å². The molecule has 0 aromatic heterocycles. The first kappa shape index (κ1) is 13.0. The Bertz CT molecular complexity index is 542. The molecule has 1 aromatic rings. The average molecular weight is 284 g/mol. The number of carbonyl (C=O) groups excluding carboxylic acids is 2. The molecule has 0 spiro atoms. The van der Waals surface area contributed by atoms with Gasteiger partial charge in [-0.05, 0) is 11.1 Å². The third-order valence-corrected chi connectivity index (χ3v) is 3.61. The molecule has 0 saturated carbocycles. The molecule has 3 amide bonds. The van der Waals surface area contributed by atoms with Crippen LogP contribution in [-0.2, 0) is 17.8 Å². The van der Waals surface area contributed by atoms with E-state index < -0.39 is 30.7 Å². The van der Waals surface area contributed by atoms with Crippen molar-refractivity contribution in [2.75, 3.05) is 6.54 Å². The Morgan fingerprint density at radius 3 is 2.45 bits per heavy atom. The van der Waals surface area contributed by atoms with Crippen molar-refractivity contribution in [3.05, 3.63) is 35.4 Å². The zero-order valence-corrected chi connectivity index (χ0v) is 10.4. The van der Waals surface area contributed by atoms with Crippen LogP contribution in [0.5, 0.6) is 0 Å². The van der Waals surface area contributed by atoms with E-state index in [1.54, 1.807) is 6.07 Å². The zero-order chi connectivity index (χ0) is 14.5. The van der Waals surface area contributed by atoms with Crippen LogP contribution in [0.15, 0.2) is 24.3 Å². The van der Waals surface area contributed by atoms with Crippen molar-refractivity contribution in [1.82, 2.24) is 9.80 Å². The third-order valence-electron chi connectivity index (χ3n) is 3.61. The number of alkyl halides is 3. The number of carbonyl (C=O) groups is 2. The van der Waals surface area contributed by atoms with Crippen LogP contribution in [0.3, 0.4) is 0 Å². The predicted molar refractivity (Wildman–Crippen MR) is 62.6 cm³/mol. The number of imide groups is 1. The number of rotatable bonds is 1. The highest BCUT2D eigenvalue weighted by atomic mass is 19.4. The molecule has 4 nitrogen and oxygen atoms in total. The van der Waals surface area contributed by atoms with Gasteiger partial charge in [0.05, 0.1) is 0 Å². The van der Waals surface area contributed by atoms with E-state index in [9.17, 15) is 22.8 Å². The molecule has 7 heteroatoms. The van der Waals surface area contributed by atoms with Gasteiger partial charge in [0.25, 0.3) is 5.91 Å². The molecule has 3 rings (SSSR count). The molecule has 0 radical (unpaired) electrons. The normalized spacial score (nSPS) is 22.1. The van der Waals surface area contributed by atoms with Gasteiger partial charge in [-0.3, -0.25) is 9.69 Å². The van der Waals surface area contributed by atoms with Crippen LogP contribution in [0.2, 0.25) is 0 Å². The average Bonchev–Trinajstić information content (AvgIpc) is 2.60. The topological polar surface area (TPSA) is 40.6 Å². The van der Waals surface area contributed by atoms with Crippen molar-refractivity contribution in [3.8, 4) is 0 Å². The second-order valence-electron chi connectivity index (χ2n) is 4.94. The van der Waals surface area contributed by atoms with Gasteiger partial charge in [0.1, 0.15) is 12.6 Å². The van der Waals surface area contributed by atoms with Crippen molar-refractivity contribution in [1.29, 1.82) is 0 Å². The number of hydrogen-bond donors (Lipinski definition) is 0. The van der Waals surface area contributed by atoms with E-state index in [2.05, 4.69) is 0 Å². The smallest absolute Gasteiger partial charge is 0.308 e. The Kier molecular flexibility index (Phi) is 2.74. The lowest BCUT2D eigenvalue weighted by Gasteiger charge is -2.28. The number of fused-ring (bicyclic) bond motifs is 2. The van der Waals surface area contributed by atoms with Gasteiger partial charge >= 0.3 is 12.2 Å². The summed E-state index contributed by atoms with van der Waals surface area (Å²) in [6.07, 6.45) is -4.30. The maximum atomic E-state index is 12.4. The van der Waals surface area contributed by atoms with Gasteiger partial charge in [-0.15, -0.1) is 0 Å². The molecule has 1 aromatic carbocycles. The molecular formula is C13H11F3N2O2. The number of benzene rings is 1. The number of halogens is 3. The maximum absolute atomic E-state index is 12.4. The highest BCUT2D eigenvalue weighted by Crippen LogP contribution is 2.31. The monoisotopic (exact) mass is 284 g/mol. The summed E-state index contributed by atoms with van der Waals surface area (Å²) in [6, 6.07) is 5.59. The minimum atomic E-state index is -4.58. The summed E-state index contributed by atoms with van der Waals surface area (Å²) in [7, 11) is 0. The van der Waals surface area contributed by atoms with Crippen molar-refractivity contribution >= 4 is 11.9 Å². The van der Waals surface area contributed by atoms with Crippen molar-refractivity contribution in [2.24, 2.45) is 0 Å². The zero-order valence-electron chi connectivity index (χ0n) is 10.4. The van der Waals surface area contributed by atoms with Gasteiger partial charge in [-0.2, -0.15) is 13.2 Å². The first-order valence-corrected chi connectivity index (χ1v) is 6.12. The van der Waals surface area contributed by atoms with E-state index in [1.807, 2.05) is 18.2 Å². The SMILES string of the molecule is O=C1C2Cc3ccccc3CN2C(=O)N1CC(F)(F)F. The van der Waals surface area contributed by atoms with Gasteiger partial charge < -0.3 is 4.90 Å². The highest BCUT2D eigenvalue weighted by Gasteiger charge is 2.50. The molecule has 0 N–H and O–H groups in total. The number of urea groups is 1. The largest absolute Gasteiger partial charge is 0.406 e. The van der Waals surface area contributed by atoms with Gasteiger partial charge in [-0.1, -0.05) is 24.3 Å². The molecule has 0 bridgehead atoms. The first-order valence-electron chi connectivity index (χ1n) is 6.12. The van der Waals surface area contributed by atoms with E-state index in [-0.39, 0.29) is 13.0 Å². The quantitative estimate of drug-likeness (QED) is 0.739. The molecule has 20 heavy (non-hydrogen) atoms. The summed E-state index contributed by atoms with van der Waals surface area (Å²) >= 11 is 0. The molecular weight excluding hydrogens is 273 g/mol. The van der Waals surface area contributed by atoms with Gasteiger partial charge in [-0.25, -0.2) is 4.79 Å². The van der Waals surface area contributed by atoms with Crippen LogP contribution < -0.4 is 0 Å². The second kappa shape index (κ2) is 4.22. The Hall–Kier alpha value is -2.05. The minimum Gasteiger partial charge on any atom is -0.308 e. The van der Waals surface area contributed by atoms with Crippen LogP contribution in [-0.4, -0.2) is 40.5 Å². The molecule has 1 atom stereocenters. The van der Waals surface area contributed by atoms with E-state index in [0.29, 0.717) is 4.90 Å². The lowest BCUT2D eigenvalue weighted by molar-refractivity contribution is -0.153. The van der Waals surface area contributed by atoms with Gasteiger partial charge in [0, 0.05) is 13.0 Å². The molecule has 2 aliphatic rings. The van der Waals surface area contributed by atoms with E-state index in [0.717, 1.165) is 11.1 Å². The molecule has 106 valence electrons. The lowest BCUT2D eigenvalue weighted by atomic mass is 9.95. The minimum absolute atomic E-state index is 0.180. The fraction of sp³-hybridized carbons (Fsp3) is 0.385. The van der Waals surface area contributed by atoms with Crippen LogP contribution in [0.1, 0.15) is 11.1 Å². The van der Waals surface area contributed by atoms with Crippen molar-refractivity contribution in [2.45, 2.75) is 25.2 Å². The summed E-state index contributed by atoms with van der Waals surface area (Å²) in [5.41, 5.74) is 1.78. The van der Waals surface area contributed by atoms with Crippen molar-refractivity contribution < 1.29 is 22.8 Å². The Balaban J connectivity index is 1.89. The fourth-order valence-electron chi connectivity index (χ4n) is 2.70. The van der Waals surface area contributed by atoms with Gasteiger partial charge in [0.2, 0.25) is 0 Å². The lowest BCUT2D eigenvalue weighted by Crippen LogP contribution is -2.40. The Morgan fingerprint density at radius 2 is 1.80 bits per heavy atom. The molecule has 1 saturated heterocycles. The van der Waals surface area contributed by atoms with Crippen LogP contribution in [0.4, 0.5) is 18.0 Å². The summed E-state index contributed by atoms with van der Waals surface area (Å²) in [4.78, 5) is 25.5. The van der Waals surface area contributed by atoms with Gasteiger partial charge in [0.15, 0.2) is 0 Å². The van der Waals surface area contributed by atoms with E-state index >= 15 is 0 Å².